The van der Waals surface area contributed by atoms with Gasteiger partial charge < -0.3 is 10.1 Å². The standard InChI is InChI=1S/C13H17NO2/c1-3-4-5-6-13(15)14-11-7-9-12(16-2)10-8-11/h5-10H,3-4H2,1-2H3,(H,14,15). The summed E-state index contributed by atoms with van der Waals surface area (Å²) in [5.41, 5.74) is 0.770. The molecule has 0 aliphatic carbocycles. The maximum absolute atomic E-state index is 11.4. The average molecular weight is 219 g/mol. The summed E-state index contributed by atoms with van der Waals surface area (Å²) in [6.07, 6.45) is 5.41. The average Bonchev–Trinajstić information content (AvgIpc) is 2.30. The molecule has 0 saturated heterocycles. The van der Waals surface area contributed by atoms with Crippen LogP contribution >= 0.6 is 0 Å². The van der Waals surface area contributed by atoms with Crippen LogP contribution in [0.5, 0.6) is 5.75 Å². The van der Waals surface area contributed by atoms with Crippen LogP contribution in [0.2, 0.25) is 0 Å². The van der Waals surface area contributed by atoms with Crippen molar-refractivity contribution in [2.24, 2.45) is 0 Å². The number of amides is 1. The highest BCUT2D eigenvalue weighted by Crippen LogP contribution is 2.14. The smallest absolute Gasteiger partial charge is 0.248 e. The first-order valence-electron chi connectivity index (χ1n) is 5.38. The van der Waals surface area contributed by atoms with E-state index < -0.39 is 0 Å². The summed E-state index contributed by atoms with van der Waals surface area (Å²) >= 11 is 0. The van der Waals surface area contributed by atoms with Gasteiger partial charge in [0.1, 0.15) is 5.75 Å². The number of allylic oxidation sites excluding steroid dienone is 1. The molecular weight excluding hydrogens is 202 g/mol. The molecule has 1 aromatic rings. The number of rotatable bonds is 5. The largest absolute Gasteiger partial charge is 0.497 e. The molecule has 86 valence electrons. The lowest BCUT2D eigenvalue weighted by atomic mass is 10.3. The van der Waals surface area contributed by atoms with E-state index in [0.717, 1.165) is 24.3 Å². The molecule has 0 spiro atoms. The van der Waals surface area contributed by atoms with Crippen LogP contribution in [0.1, 0.15) is 19.8 Å². The number of carbonyl (C=O) groups is 1. The molecule has 1 N–H and O–H groups in total. The summed E-state index contributed by atoms with van der Waals surface area (Å²) in [6.45, 7) is 2.08. The molecule has 0 bridgehead atoms. The highest BCUT2D eigenvalue weighted by Gasteiger charge is 1.97. The van der Waals surface area contributed by atoms with Gasteiger partial charge in [0.05, 0.1) is 7.11 Å². The van der Waals surface area contributed by atoms with Gasteiger partial charge in [-0.25, -0.2) is 0 Å². The van der Waals surface area contributed by atoms with E-state index in [-0.39, 0.29) is 5.91 Å². The van der Waals surface area contributed by atoms with Crippen LogP contribution in [-0.2, 0) is 4.79 Å². The van der Waals surface area contributed by atoms with E-state index in [1.165, 1.54) is 0 Å². The predicted molar refractivity (Wildman–Crippen MR) is 65.7 cm³/mol. The number of anilines is 1. The highest BCUT2D eigenvalue weighted by molar-refractivity contribution is 5.99. The van der Waals surface area contributed by atoms with Crippen LogP contribution in [-0.4, -0.2) is 13.0 Å². The van der Waals surface area contributed by atoms with Crippen molar-refractivity contribution in [3.8, 4) is 5.75 Å². The lowest BCUT2D eigenvalue weighted by molar-refractivity contribution is -0.111. The van der Waals surface area contributed by atoms with Gasteiger partial charge in [0.2, 0.25) is 5.91 Å². The fourth-order valence-electron chi connectivity index (χ4n) is 1.22. The Hall–Kier alpha value is -1.77. The van der Waals surface area contributed by atoms with Crippen LogP contribution < -0.4 is 10.1 Å². The topological polar surface area (TPSA) is 38.3 Å². The number of ether oxygens (including phenoxy) is 1. The van der Waals surface area contributed by atoms with Crippen molar-refractivity contribution in [2.75, 3.05) is 12.4 Å². The van der Waals surface area contributed by atoms with Crippen molar-refractivity contribution < 1.29 is 9.53 Å². The summed E-state index contributed by atoms with van der Waals surface area (Å²) in [5.74, 6) is 0.679. The third-order valence-corrected chi connectivity index (χ3v) is 2.08. The fourth-order valence-corrected chi connectivity index (χ4v) is 1.22. The van der Waals surface area contributed by atoms with Gasteiger partial charge in [0.25, 0.3) is 0 Å². The van der Waals surface area contributed by atoms with Crippen LogP contribution in [0.15, 0.2) is 36.4 Å². The van der Waals surface area contributed by atoms with Gasteiger partial charge in [-0.15, -0.1) is 0 Å². The second kappa shape index (κ2) is 6.67. The lowest BCUT2D eigenvalue weighted by Crippen LogP contribution is -2.07. The Morgan fingerprint density at radius 2 is 2.06 bits per heavy atom. The van der Waals surface area contributed by atoms with E-state index in [4.69, 9.17) is 4.74 Å². The normalized spacial score (nSPS) is 10.4. The van der Waals surface area contributed by atoms with Crippen molar-refractivity contribution in [3.05, 3.63) is 36.4 Å². The van der Waals surface area contributed by atoms with Crippen molar-refractivity contribution in [1.29, 1.82) is 0 Å². The number of unbranched alkanes of at least 4 members (excludes halogenated alkanes) is 1. The van der Waals surface area contributed by atoms with Crippen molar-refractivity contribution in [1.82, 2.24) is 0 Å². The molecular formula is C13H17NO2. The molecule has 0 fully saturated rings. The number of benzene rings is 1. The maximum Gasteiger partial charge on any atom is 0.248 e. The summed E-state index contributed by atoms with van der Waals surface area (Å²) in [5, 5.41) is 2.77. The van der Waals surface area contributed by atoms with E-state index in [2.05, 4.69) is 12.2 Å². The van der Waals surface area contributed by atoms with Crippen LogP contribution in [0, 0.1) is 0 Å². The molecule has 0 unspecified atom stereocenters. The van der Waals surface area contributed by atoms with Crippen molar-refractivity contribution >= 4 is 11.6 Å². The van der Waals surface area contributed by atoms with E-state index in [9.17, 15) is 4.79 Å². The Morgan fingerprint density at radius 1 is 1.38 bits per heavy atom. The molecule has 3 heteroatoms. The molecule has 1 amide bonds. The summed E-state index contributed by atoms with van der Waals surface area (Å²) in [4.78, 5) is 11.4. The minimum atomic E-state index is -0.0985. The molecule has 1 rings (SSSR count). The minimum absolute atomic E-state index is 0.0985. The second-order valence-electron chi connectivity index (χ2n) is 3.41. The number of hydrogen-bond acceptors (Lipinski definition) is 2. The monoisotopic (exact) mass is 219 g/mol. The first-order valence-corrected chi connectivity index (χ1v) is 5.38. The minimum Gasteiger partial charge on any atom is -0.497 e. The van der Waals surface area contributed by atoms with Crippen LogP contribution in [0.4, 0.5) is 5.69 Å². The number of hydrogen-bond donors (Lipinski definition) is 1. The molecule has 0 atom stereocenters. The third-order valence-electron chi connectivity index (χ3n) is 2.08. The molecule has 0 heterocycles. The zero-order chi connectivity index (χ0) is 11.8. The van der Waals surface area contributed by atoms with Gasteiger partial charge in [-0.3, -0.25) is 4.79 Å². The lowest BCUT2D eigenvalue weighted by Gasteiger charge is -2.03. The molecule has 0 radical (unpaired) electrons. The zero-order valence-corrected chi connectivity index (χ0v) is 9.69. The van der Waals surface area contributed by atoms with Gasteiger partial charge in [0, 0.05) is 5.69 Å². The Balaban J connectivity index is 2.49. The number of carbonyl (C=O) groups excluding carboxylic acids is 1. The summed E-state index contributed by atoms with van der Waals surface area (Å²) in [7, 11) is 1.61. The van der Waals surface area contributed by atoms with E-state index in [1.54, 1.807) is 13.2 Å². The van der Waals surface area contributed by atoms with E-state index >= 15 is 0 Å². The van der Waals surface area contributed by atoms with Crippen LogP contribution in [0.25, 0.3) is 0 Å². The maximum atomic E-state index is 11.4. The third kappa shape index (κ3) is 4.17. The molecule has 0 saturated carbocycles. The summed E-state index contributed by atoms with van der Waals surface area (Å²) < 4.78 is 5.03. The molecule has 0 aliphatic rings. The second-order valence-corrected chi connectivity index (χ2v) is 3.41. The Labute approximate surface area is 96.1 Å². The fraction of sp³-hybridized carbons (Fsp3) is 0.308. The van der Waals surface area contributed by atoms with E-state index in [0.29, 0.717) is 0 Å². The SMILES string of the molecule is CCCC=CC(=O)Nc1ccc(OC)cc1. The van der Waals surface area contributed by atoms with Gasteiger partial charge in [-0.2, -0.15) is 0 Å². The number of methoxy groups -OCH3 is 1. The predicted octanol–water partition coefficient (Wildman–Crippen LogP) is 2.99. The van der Waals surface area contributed by atoms with Crippen molar-refractivity contribution in [2.45, 2.75) is 19.8 Å². The summed E-state index contributed by atoms with van der Waals surface area (Å²) in [6, 6.07) is 7.24. The molecule has 1 aromatic carbocycles. The van der Waals surface area contributed by atoms with Gasteiger partial charge in [-0.1, -0.05) is 19.4 Å². The Bertz CT molecular complexity index is 355. The van der Waals surface area contributed by atoms with Crippen molar-refractivity contribution in [3.63, 3.8) is 0 Å². The zero-order valence-electron chi connectivity index (χ0n) is 9.69. The first kappa shape index (κ1) is 12.3. The molecule has 3 nitrogen and oxygen atoms in total. The Kier molecular flexibility index (Phi) is 5.12. The quantitative estimate of drug-likeness (QED) is 0.773. The number of nitrogens with one attached hydrogen (secondary N) is 1. The van der Waals surface area contributed by atoms with Gasteiger partial charge >= 0.3 is 0 Å². The molecule has 16 heavy (non-hydrogen) atoms. The van der Waals surface area contributed by atoms with Gasteiger partial charge in [-0.05, 0) is 36.8 Å². The highest BCUT2D eigenvalue weighted by atomic mass is 16.5. The van der Waals surface area contributed by atoms with E-state index in [1.807, 2.05) is 30.3 Å². The first-order chi connectivity index (χ1) is 7.76. The van der Waals surface area contributed by atoms with Crippen LogP contribution in [0.3, 0.4) is 0 Å². The molecule has 0 aliphatic heterocycles. The molecule has 0 aromatic heterocycles. The van der Waals surface area contributed by atoms with Gasteiger partial charge in [0.15, 0.2) is 0 Å². The Morgan fingerprint density at radius 3 is 2.62 bits per heavy atom.